The Morgan fingerprint density at radius 3 is 2.59 bits per heavy atom. The highest BCUT2D eigenvalue weighted by Crippen LogP contribution is 2.50. The van der Waals surface area contributed by atoms with Crippen LogP contribution in [0, 0.1) is 0 Å². The van der Waals surface area contributed by atoms with Gasteiger partial charge in [0, 0.05) is 32.4 Å². The average Bonchev–Trinajstić information content (AvgIpc) is 3.22. The van der Waals surface area contributed by atoms with E-state index in [-0.39, 0.29) is 28.9 Å². The maximum absolute atomic E-state index is 12.6. The molecule has 1 fully saturated rings. The Hall–Kier alpha value is -2.53. The van der Waals surface area contributed by atoms with Gasteiger partial charge in [-0.2, -0.15) is 0 Å². The van der Waals surface area contributed by atoms with E-state index < -0.39 is 54.2 Å². The number of methoxy groups -OCH3 is 1. The van der Waals surface area contributed by atoms with Crippen molar-refractivity contribution in [2.24, 2.45) is 0 Å². The largest absolute Gasteiger partial charge is 0.461 e. The minimum atomic E-state index is -1.68. The highest BCUT2D eigenvalue weighted by Gasteiger charge is 2.60. The summed E-state index contributed by atoms with van der Waals surface area (Å²) in [6.07, 6.45) is 0.895. The normalized spacial score (nSPS) is 35.6. The van der Waals surface area contributed by atoms with Crippen LogP contribution in [0.3, 0.4) is 0 Å². The summed E-state index contributed by atoms with van der Waals surface area (Å²) in [6.45, 7) is 6.84. The molecule has 3 aliphatic heterocycles. The second-order valence-electron chi connectivity index (χ2n) is 8.58. The second-order valence-corrected chi connectivity index (χ2v) is 8.58. The Morgan fingerprint density at radius 2 is 2.00 bits per heavy atom. The summed E-state index contributed by atoms with van der Waals surface area (Å²) >= 11 is 0. The van der Waals surface area contributed by atoms with Gasteiger partial charge in [0.05, 0.1) is 23.4 Å². The van der Waals surface area contributed by atoms with Crippen LogP contribution in [0.25, 0.3) is 0 Å². The van der Waals surface area contributed by atoms with Crippen molar-refractivity contribution in [2.75, 3.05) is 20.3 Å². The molecule has 2 bridgehead atoms. The molecule has 0 aromatic heterocycles. The fourth-order valence-corrected chi connectivity index (χ4v) is 4.26. The van der Waals surface area contributed by atoms with E-state index in [1.807, 2.05) is 0 Å². The number of rotatable bonds is 6. The minimum absolute atomic E-state index is 0.0255. The number of fused-ring (bicyclic) bond motifs is 3. The van der Waals surface area contributed by atoms with Crippen LogP contribution in [0.4, 0.5) is 0 Å². The van der Waals surface area contributed by atoms with Crippen LogP contribution in [-0.2, 0) is 38.1 Å². The summed E-state index contributed by atoms with van der Waals surface area (Å²) < 4.78 is 27.8. The van der Waals surface area contributed by atoms with Gasteiger partial charge in [-0.05, 0) is 26.3 Å². The minimum Gasteiger partial charge on any atom is -0.461 e. The lowest BCUT2D eigenvalue weighted by Crippen LogP contribution is -2.56. The lowest BCUT2D eigenvalue weighted by Gasteiger charge is -2.42. The summed E-state index contributed by atoms with van der Waals surface area (Å²) in [6, 6.07) is 0. The van der Waals surface area contributed by atoms with Crippen molar-refractivity contribution in [3.05, 3.63) is 35.1 Å². The van der Waals surface area contributed by atoms with Crippen molar-refractivity contribution in [2.45, 2.75) is 63.1 Å². The molecule has 0 amide bonds. The van der Waals surface area contributed by atoms with E-state index in [4.69, 9.17) is 23.7 Å². The Morgan fingerprint density at radius 1 is 1.31 bits per heavy atom. The maximum atomic E-state index is 12.6. The van der Waals surface area contributed by atoms with Crippen molar-refractivity contribution in [3.63, 3.8) is 0 Å². The zero-order valence-corrected chi connectivity index (χ0v) is 18.6. The molecule has 1 saturated heterocycles. The molecule has 0 aromatic carbocycles. The summed E-state index contributed by atoms with van der Waals surface area (Å²) in [5.41, 5.74) is -2.74. The summed E-state index contributed by atoms with van der Waals surface area (Å²) in [5, 5.41) is 20.7. The topological polar surface area (TPSA) is 138 Å². The van der Waals surface area contributed by atoms with Crippen LogP contribution < -0.4 is 0 Å². The van der Waals surface area contributed by atoms with Crippen molar-refractivity contribution in [1.29, 1.82) is 0 Å². The molecule has 176 valence electrons. The van der Waals surface area contributed by atoms with E-state index in [1.54, 1.807) is 13.0 Å². The summed E-state index contributed by atoms with van der Waals surface area (Å²) in [5.74, 6) is -3.65. The first-order chi connectivity index (χ1) is 14.9. The number of aliphatic hydroxyl groups is 2. The molecule has 2 N–H and O–H groups in total. The van der Waals surface area contributed by atoms with E-state index in [0.717, 1.165) is 0 Å². The monoisotopic (exact) mass is 452 g/mol. The van der Waals surface area contributed by atoms with Gasteiger partial charge in [0.1, 0.15) is 24.1 Å². The van der Waals surface area contributed by atoms with E-state index in [0.29, 0.717) is 12.8 Å². The third kappa shape index (κ3) is 4.23. The van der Waals surface area contributed by atoms with Gasteiger partial charge in [0.15, 0.2) is 5.79 Å². The highest BCUT2D eigenvalue weighted by molar-refractivity contribution is 5.96. The van der Waals surface area contributed by atoms with Crippen LogP contribution in [0.5, 0.6) is 0 Å². The Balaban J connectivity index is 2.18. The predicted molar refractivity (Wildman–Crippen MR) is 108 cm³/mol. The molecule has 0 spiro atoms. The third-order valence-electron chi connectivity index (χ3n) is 6.03. The standard InChI is InChI=1S/C22H28O10/c1-12(10-23)18(25)30-16-9-21(4,27)22(28-5)7-6-20(3,32-22)8-15-17(16)14(19(26)31-15)11-29-13(2)24/h8,16,23,27H,1,6-7,9-11H2,2-5H3/b15-8+/t16-,20+,21+,22-/m0/s1. The van der Waals surface area contributed by atoms with Gasteiger partial charge in [0.2, 0.25) is 0 Å². The van der Waals surface area contributed by atoms with Crippen LogP contribution in [0.1, 0.15) is 40.0 Å². The number of carbonyl (C=O) groups is 3. The van der Waals surface area contributed by atoms with Crippen LogP contribution in [0.2, 0.25) is 0 Å². The fourth-order valence-electron chi connectivity index (χ4n) is 4.26. The lowest BCUT2D eigenvalue weighted by molar-refractivity contribution is -0.310. The van der Waals surface area contributed by atoms with E-state index in [2.05, 4.69) is 6.58 Å². The van der Waals surface area contributed by atoms with Gasteiger partial charge in [-0.3, -0.25) is 4.79 Å². The maximum Gasteiger partial charge on any atom is 0.343 e. The Bertz CT molecular complexity index is 914. The molecule has 3 heterocycles. The molecular weight excluding hydrogens is 424 g/mol. The van der Waals surface area contributed by atoms with Gasteiger partial charge in [-0.15, -0.1) is 0 Å². The van der Waals surface area contributed by atoms with Gasteiger partial charge in [-0.25, -0.2) is 9.59 Å². The van der Waals surface area contributed by atoms with Crippen LogP contribution >= 0.6 is 0 Å². The lowest BCUT2D eigenvalue weighted by atomic mass is 9.82. The van der Waals surface area contributed by atoms with Crippen LogP contribution in [-0.4, -0.2) is 71.5 Å². The first-order valence-corrected chi connectivity index (χ1v) is 10.2. The van der Waals surface area contributed by atoms with E-state index in [9.17, 15) is 24.6 Å². The quantitative estimate of drug-likeness (QED) is 0.338. The number of hydrogen-bond acceptors (Lipinski definition) is 10. The average molecular weight is 452 g/mol. The summed E-state index contributed by atoms with van der Waals surface area (Å²) in [4.78, 5) is 36.5. The molecule has 0 aliphatic carbocycles. The number of esters is 3. The van der Waals surface area contributed by atoms with Crippen molar-refractivity contribution in [1.82, 2.24) is 0 Å². The van der Waals surface area contributed by atoms with Crippen LogP contribution in [0.15, 0.2) is 35.1 Å². The Kier molecular flexibility index (Phi) is 6.36. The molecule has 0 aromatic rings. The predicted octanol–water partition coefficient (Wildman–Crippen LogP) is 0.814. The third-order valence-corrected chi connectivity index (χ3v) is 6.03. The van der Waals surface area contributed by atoms with Crippen molar-refractivity contribution < 1.29 is 48.3 Å². The molecule has 10 nitrogen and oxygen atoms in total. The van der Waals surface area contributed by atoms with E-state index in [1.165, 1.54) is 21.0 Å². The van der Waals surface area contributed by atoms with Crippen molar-refractivity contribution >= 4 is 17.9 Å². The molecule has 0 radical (unpaired) electrons. The number of aliphatic hydroxyl groups excluding tert-OH is 1. The SMILES string of the molecule is C=C(CO)C(=O)O[C@H]1C[C@@](C)(O)[C@]2(OC)CC[C@](C)(/C=C3/OC(=O)C(COC(C)=O)=C31)O2. The van der Waals surface area contributed by atoms with E-state index >= 15 is 0 Å². The fraction of sp³-hybridized carbons (Fsp3) is 0.591. The Labute approximate surface area is 185 Å². The number of hydrogen-bond donors (Lipinski definition) is 2. The summed E-state index contributed by atoms with van der Waals surface area (Å²) in [7, 11) is 1.41. The zero-order valence-electron chi connectivity index (χ0n) is 18.6. The van der Waals surface area contributed by atoms with Gasteiger partial charge < -0.3 is 33.9 Å². The number of carbonyl (C=O) groups excluding carboxylic acids is 3. The molecule has 0 unspecified atom stereocenters. The molecule has 10 heteroatoms. The molecular formula is C22H28O10. The molecule has 4 atom stereocenters. The number of ether oxygens (including phenoxy) is 5. The smallest absolute Gasteiger partial charge is 0.343 e. The molecule has 32 heavy (non-hydrogen) atoms. The zero-order chi connectivity index (χ0) is 23.9. The molecule has 3 rings (SSSR count). The first-order valence-electron chi connectivity index (χ1n) is 10.2. The van der Waals surface area contributed by atoms with Gasteiger partial charge >= 0.3 is 17.9 Å². The van der Waals surface area contributed by atoms with Crippen molar-refractivity contribution in [3.8, 4) is 0 Å². The second kappa shape index (κ2) is 8.43. The molecule has 3 aliphatic rings. The highest BCUT2D eigenvalue weighted by atomic mass is 16.7. The first kappa shape index (κ1) is 24.1. The molecule has 0 saturated carbocycles. The van der Waals surface area contributed by atoms with Gasteiger partial charge in [0.25, 0.3) is 0 Å². The van der Waals surface area contributed by atoms with Gasteiger partial charge in [-0.1, -0.05) is 6.58 Å².